The van der Waals surface area contributed by atoms with E-state index in [4.69, 9.17) is 0 Å². The normalized spacial score (nSPS) is 9.66. The van der Waals surface area contributed by atoms with E-state index < -0.39 is 11.0 Å². The summed E-state index contributed by atoms with van der Waals surface area (Å²) in [5.41, 5.74) is 8.95. The molecule has 4 aromatic rings. The minimum absolute atomic E-state index is 0. The molecule has 0 saturated heterocycles. The van der Waals surface area contributed by atoms with E-state index in [9.17, 15) is 0 Å². The average molecular weight is 1300 g/mol. The van der Waals surface area contributed by atoms with Crippen LogP contribution in [0.25, 0.3) is 44.5 Å². The van der Waals surface area contributed by atoms with Gasteiger partial charge >= 0.3 is 199 Å². The van der Waals surface area contributed by atoms with Gasteiger partial charge in [0.2, 0.25) is 0 Å². The summed E-state index contributed by atoms with van der Waals surface area (Å²) in [7, 11) is 0. The molecule has 4 aromatic carbocycles. The van der Waals surface area contributed by atoms with Crippen LogP contribution in [-0.4, -0.2) is 11.0 Å². The Morgan fingerprint density at radius 2 is 0.386 bits per heavy atom. The van der Waals surface area contributed by atoms with Gasteiger partial charge in [0.15, 0.2) is 0 Å². The van der Waals surface area contributed by atoms with E-state index in [-0.39, 0.29) is 24.8 Å². The van der Waals surface area contributed by atoms with E-state index in [2.05, 4.69) is 218 Å². The van der Waals surface area contributed by atoms with Crippen molar-refractivity contribution in [3.63, 3.8) is 0 Å². The molecule has 0 nitrogen and oxygen atoms in total. The molecule has 12 rings (SSSR count). The topological polar surface area (TPSA) is 0 Å². The van der Waals surface area contributed by atoms with Crippen molar-refractivity contribution in [1.29, 1.82) is 0 Å². The van der Waals surface area contributed by atoms with Gasteiger partial charge in [-0.25, -0.2) is 0 Å². The Bertz CT molecular complexity index is 2630. The Hall–Kier alpha value is -5.57. The molecule has 0 aromatic heterocycles. The van der Waals surface area contributed by atoms with Crippen molar-refractivity contribution in [2.45, 2.75) is 0 Å². The molecule has 336 valence electrons. The summed E-state index contributed by atoms with van der Waals surface area (Å²) >= 11 is 2.53. The third kappa shape index (κ3) is 18.0. The fourth-order valence-electron chi connectivity index (χ4n) is 6.99. The number of fused-ring (bicyclic) bond motifs is 4. The summed E-state index contributed by atoms with van der Waals surface area (Å²) in [6, 6.07) is 113. The van der Waals surface area contributed by atoms with Crippen LogP contribution in [0.4, 0.5) is 0 Å². The first-order valence-corrected chi connectivity index (χ1v) is 36.2. The van der Waals surface area contributed by atoms with Gasteiger partial charge in [0.05, 0.1) is 0 Å². The van der Waals surface area contributed by atoms with E-state index >= 15 is 0 Å². The quantitative estimate of drug-likeness (QED) is 0.131. The van der Waals surface area contributed by atoms with Crippen LogP contribution in [0.15, 0.2) is 291 Å². The number of benzene rings is 4. The maximum atomic E-state index is 3.14. The van der Waals surface area contributed by atoms with Crippen LogP contribution in [0, 0.1) is 24.3 Å². The van der Waals surface area contributed by atoms with Gasteiger partial charge in [0, 0.05) is 0 Å². The Morgan fingerprint density at radius 1 is 0.214 bits per heavy atom. The largest absolute Gasteiger partial charge is 0.168 e. The van der Waals surface area contributed by atoms with Crippen LogP contribution in [0.5, 0.6) is 0 Å². The van der Waals surface area contributed by atoms with Crippen molar-refractivity contribution in [2.24, 2.45) is 0 Å². The third-order valence-electron chi connectivity index (χ3n) is 10.5. The Kier molecular flexibility index (Phi) is 25.0. The van der Waals surface area contributed by atoms with Gasteiger partial charge < -0.3 is 24.8 Å². The summed E-state index contributed by atoms with van der Waals surface area (Å²) in [4.78, 5) is 0. The molecule has 0 atom stereocenters. The fourth-order valence-corrected chi connectivity index (χ4v) is 16.9. The van der Waals surface area contributed by atoms with Crippen LogP contribution < -0.4 is 45.6 Å². The van der Waals surface area contributed by atoms with Crippen molar-refractivity contribution in [2.75, 3.05) is 0 Å². The first kappa shape index (κ1) is 55.4. The van der Waals surface area contributed by atoms with Gasteiger partial charge in [0.1, 0.15) is 0 Å². The molecule has 8 aliphatic carbocycles. The second-order valence-electron chi connectivity index (χ2n) is 15.2. The molecule has 0 bridgehead atoms. The predicted molar refractivity (Wildman–Crippen MR) is 283 cm³/mol. The zero-order valence-electron chi connectivity index (χ0n) is 38.5. The molecule has 0 N–H and O–H groups in total. The molecule has 0 amide bonds. The Labute approximate surface area is 458 Å². The van der Waals surface area contributed by atoms with Crippen LogP contribution in [0.1, 0.15) is 0 Å². The van der Waals surface area contributed by atoms with Crippen LogP contribution in [-0.2, 0) is 46.0 Å². The fraction of sp³-hybridized carbons (Fsp3) is 0. The van der Waals surface area contributed by atoms with Crippen molar-refractivity contribution in [1.82, 2.24) is 0 Å². The molecular weight excluding hydrogens is 1250 g/mol. The average Bonchev–Trinajstić information content (AvgIpc) is 4.14. The molecule has 0 radical (unpaired) electrons. The van der Waals surface area contributed by atoms with Gasteiger partial charge in [-0.1, -0.05) is 48.5 Å². The summed E-state index contributed by atoms with van der Waals surface area (Å²) in [5, 5.41) is 6.15. The van der Waals surface area contributed by atoms with Gasteiger partial charge in [-0.05, 0) is 0 Å². The molecule has 0 heterocycles. The monoisotopic (exact) mass is 1300 g/mol. The Balaban J connectivity index is 0.000000157. The van der Waals surface area contributed by atoms with Crippen molar-refractivity contribution >= 4 is 31.7 Å². The number of hydrogen-bond acceptors (Lipinski definition) is 0. The molecule has 0 aliphatic heterocycles. The maximum Gasteiger partial charge on any atom is -0.0723 e. The number of rotatable bonds is 4. The minimum Gasteiger partial charge on any atom is -0.168 e. The van der Waals surface area contributed by atoms with E-state index in [1.807, 2.05) is 97.1 Å². The van der Waals surface area contributed by atoms with Crippen LogP contribution in [0.2, 0.25) is 0 Å². The minimum atomic E-state index is -0.406. The molecular formula is C64H48Cl2Hf2Si2-2. The predicted octanol–water partition coefficient (Wildman–Crippen LogP) is 7.05. The molecule has 0 spiro atoms. The van der Waals surface area contributed by atoms with Gasteiger partial charge in [-0.15, -0.1) is 119 Å². The molecule has 70 heavy (non-hydrogen) atoms. The van der Waals surface area contributed by atoms with Crippen molar-refractivity contribution < 1.29 is 70.8 Å². The maximum absolute atomic E-state index is 3.14. The smallest absolute Gasteiger partial charge is 0.0723 e. The van der Waals surface area contributed by atoms with Crippen molar-refractivity contribution in [3.05, 3.63) is 315 Å². The van der Waals surface area contributed by atoms with Gasteiger partial charge in [0.25, 0.3) is 0 Å². The Morgan fingerprint density at radius 3 is 0.586 bits per heavy atom. The summed E-state index contributed by atoms with van der Waals surface area (Å²) < 4.78 is 0. The molecule has 6 heteroatoms. The van der Waals surface area contributed by atoms with Crippen molar-refractivity contribution in [3.8, 4) is 44.5 Å². The summed E-state index contributed by atoms with van der Waals surface area (Å²) in [6.07, 6.45) is 0. The van der Waals surface area contributed by atoms with E-state index in [0.717, 1.165) is 0 Å². The van der Waals surface area contributed by atoms with Gasteiger partial charge in [-0.3, -0.25) is 0 Å². The van der Waals surface area contributed by atoms with E-state index in [1.165, 1.54) is 111 Å². The first-order valence-electron chi connectivity index (χ1n) is 22.4. The summed E-state index contributed by atoms with van der Waals surface area (Å²) in [6.45, 7) is 0. The molecule has 0 saturated carbocycles. The number of halogens is 2. The summed E-state index contributed by atoms with van der Waals surface area (Å²) in [5.74, 6) is 0. The molecule has 0 fully saturated rings. The molecule has 0 unspecified atom stereocenters. The van der Waals surface area contributed by atoms with E-state index in [1.54, 1.807) is 0 Å². The van der Waals surface area contributed by atoms with Crippen LogP contribution >= 0.6 is 0 Å². The number of hydrogen-bond donors (Lipinski definition) is 0. The standard InChI is InChI=1S/2C12H10Si.4C10H7.2ClH.2Hf/c2*1-3-7-11(8-4-1)13-12-9-5-2-6-10-12;4*1-2-5-9-7-4-8-10(9)6-3-1;;;;/h2*1-10H;4*1-7H;2*1H;;/q;;4*-1;;;2*+2/p-2. The van der Waals surface area contributed by atoms with Gasteiger partial charge in [-0.2, -0.15) is 70.8 Å². The SMILES string of the molecule is [Cl-].[Cl-].[Hf+2]=[Si](c1ccccc1)c1ccccc1.[Hf+2]=[Si](c1ccccc1)c1ccccc1.[c-]1ccc2cccccc1-2.[c-]1ccc2cccccc1-2.[c-]1ccc2cccccc1-2.[c-]1ccc2cccccc1-2. The third-order valence-corrected chi connectivity index (χ3v) is 26.6. The zero-order chi connectivity index (χ0) is 46.9. The second-order valence-corrected chi connectivity index (χ2v) is 29.8. The van der Waals surface area contributed by atoms with Crippen LogP contribution in [0.3, 0.4) is 0 Å². The second kappa shape index (κ2) is 31.6. The zero-order valence-corrected chi connectivity index (χ0v) is 49.2. The van der Waals surface area contributed by atoms with E-state index in [0.29, 0.717) is 0 Å². The molecule has 8 aliphatic rings. The first-order chi connectivity index (χ1) is 33.6.